The first-order valence-corrected chi connectivity index (χ1v) is 10.9. The third-order valence-electron chi connectivity index (χ3n) is 4.75. The van der Waals surface area contributed by atoms with Gasteiger partial charge in [0.1, 0.15) is 11.6 Å². The van der Waals surface area contributed by atoms with Gasteiger partial charge in [0.05, 0.1) is 18.3 Å². The number of halogens is 2. The molecule has 0 spiro atoms. The van der Waals surface area contributed by atoms with Gasteiger partial charge in [0.2, 0.25) is 0 Å². The summed E-state index contributed by atoms with van der Waals surface area (Å²) in [5.41, 5.74) is 1.49. The number of rotatable bonds is 7. The van der Waals surface area contributed by atoms with Crippen LogP contribution >= 0.6 is 22.9 Å². The number of carbonyl (C=O) groups excluding carboxylic acids is 1. The first kappa shape index (κ1) is 20.8. The second-order valence-corrected chi connectivity index (χ2v) is 8.18. The highest BCUT2D eigenvalue weighted by Crippen LogP contribution is 2.29. The second kappa shape index (κ2) is 9.55. The Morgan fingerprint density at radius 2 is 2.00 bits per heavy atom. The molecule has 1 fully saturated rings. The van der Waals surface area contributed by atoms with Crippen molar-refractivity contribution in [1.82, 2.24) is 4.98 Å². The Kier molecular flexibility index (Phi) is 6.62. The molecule has 0 bridgehead atoms. The van der Waals surface area contributed by atoms with Gasteiger partial charge >= 0.3 is 0 Å². The van der Waals surface area contributed by atoms with E-state index >= 15 is 0 Å². The smallest absolute Gasteiger partial charge is 0.266 e. The molecule has 2 heterocycles. The van der Waals surface area contributed by atoms with Crippen molar-refractivity contribution in [1.29, 1.82) is 0 Å². The zero-order valence-corrected chi connectivity index (χ0v) is 17.7. The maximum atomic E-state index is 13.2. The molecule has 2 aromatic carbocycles. The number of nitrogens with zero attached hydrogens (tertiary/aromatic N) is 2. The third kappa shape index (κ3) is 5.16. The number of anilines is 1. The lowest BCUT2D eigenvalue weighted by atomic mass is 10.2. The summed E-state index contributed by atoms with van der Waals surface area (Å²) in [4.78, 5) is 19.2. The van der Waals surface area contributed by atoms with Crippen molar-refractivity contribution in [3.63, 3.8) is 0 Å². The Balaban J connectivity index is 1.51. The van der Waals surface area contributed by atoms with Crippen LogP contribution in [-0.2, 0) is 9.53 Å². The monoisotopic (exact) mass is 446 g/mol. The molecule has 1 aromatic heterocycles. The number of aromatic nitrogens is 1. The van der Waals surface area contributed by atoms with Crippen molar-refractivity contribution in [2.75, 3.05) is 24.7 Å². The van der Waals surface area contributed by atoms with Crippen LogP contribution in [-0.4, -0.2) is 36.8 Å². The average Bonchev–Trinajstić information content (AvgIpc) is 3.44. The molecular formula is C22H20ClFN2O3S. The summed E-state index contributed by atoms with van der Waals surface area (Å²) in [7, 11) is 0. The topological polar surface area (TPSA) is 51.7 Å². The molecule has 0 saturated carbocycles. The van der Waals surface area contributed by atoms with Crippen molar-refractivity contribution in [3.05, 3.63) is 64.8 Å². The van der Waals surface area contributed by atoms with E-state index in [1.807, 2.05) is 5.38 Å². The van der Waals surface area contributed by atoms with Crippen molar-refractivity contribution >= 4 is 34.0 Å². The first-order chi connectivity index (χ1) is 14.6. The van der Waals surface area contributed by atoms with Gasteiger partial charge in [-0.1, -0.05) is 11.6 Å². The highest BCUT2D eigenvalue weighted by Gasteiger charge is 2.26. The van der Waals surface area contributed by atoms with Crippen LogP contribution < -0.4 is 9.64 Å². The van der Waals surface area contributed by atoms with E-state index in [1.54, 1.807) is 41.3 Å². The normalized spacial score (nSPS) is 15.9. The first-order valence-electron chi connectivity index (χ1n) is 9.60. The molecule has 1 saturated heterocycles. The minimum absolute atomic E-state index is 0.0253. The van der Waals surface area contributed by atoms with Crippen LogP contribution in [0.4, 0.5) is 9.52 Å². The lowest BCUT2D eigenvalue weighted by Gasteiger charge is -2.23. The second-order valence-electron chi connectivity index (χ2n) is 6.90. The van der Waals surface area contributed by atoms with Crippen LogP contribution in [0.2, 0.25) is 5.02 Å². The summed E-state index contributed by atoms with van der Waals surface area (Å²) in [6.45, 7) is 0.992. The molecule has 3 aromatic rings. The Hall–Kier alpha value is -2.48. The van der Waals surface area contributed by atoms with Crippen molar-refractivity contribution in [3.8, 4) is 17.0 Å². The molecule has 1 aliphatic heterocycles. The van der Waals surface area contributed by atoms with Gasteiger partial charge in [-0.2, -0.15) is 0 Å². The van der Waals surface area contributed by atoms with Gasteiger partial charge < -0.3 is 9.47 Å². The highest BCUT2D eigenvalue weighted by molar-refractivity contribution is 7.14. The SMILES string of the molecule is O=C(COc1ccc(Cl)cc1)N(CC1CCCO1)c1nc(-c2ccc(F)cc2)cs1. The lowest BCUT2D eigenvalue weighted by molar-refractivity contribution is -0.120. The molecule has 1 unspecified atom stereocenters. The van der Waals surface area contributed by atoms with Gasteiger partial charge in [-0.25, -0.2) is 9.37 Å². The molecule has 4 rings (SSSR count). The van der Waals surface area contributed by atoms with Gasteiger partial charge in [-0.15, -0.1) is 11.3 Å². The standard InChI is InChI=1S/C22H20ClFN2O3S/c23-16-5-9-18(10-6-16)29-13-21(27)26(12-19-2-1-11-28-19)22-25-20(14-30-22)15-3-7-17(24)8-4-15/h3-10,14,19H,1-2,11-13H2. The fraction of sp³-hybridized carbons (Fsp3) is 0.273. The number of hydrogen-bond donors (Lipinski definition) is 0. The zero-order valence-electron chi connectivity index (χ0n) is 16.1. The van der Waals surface area contributed by atoms with E-state index in [-0.39, 0.29) is 24.4 Å². The van der Waals surface area contributed by atoms with Crippen molar-refractivity contribution in [2.24, 2.45) is 0 Å². The third-order valence-corrected chi connectivity index (χ3v) is 5.87. The van der Waals surface area contributed by atoms with E-state index in [0.717, 1.165) is 18.4 Å². The van der Waals surface area contributed by atoms with E-state index in [4.69, 9.17) is 21.1 Å². The predicted octanol–water partition coefficient (Wildman–Crippen LogP) is 5.19. The molecular weight excluding hydrogens is 427 g/mol. The molecule has 1 amide bonds. The van der Waals surface area contributed by atoms with Crippen LogP contribution in [0, 0.1) is 5.82 Å². The van der Waals surface area contributed by atoms with E-state index < -0.39 is 0 Å². The van der Waals surface area contributed by atoms with Gasteiger partial charge in [0.15, 0.2) is 11.7 Å². The van der Waals surface area contributed by atoms with Gasteiger partial charge in [-0.05, 0) is 61.4 Å². The van der Waals surface area contributed by atoms with E-state index in [0.29, 0.717) is 34.7 Å². The van der Waals surface area contributed by atoms with Crippen LogP contribution in [0.1, 0.15) is 12.8 Å². The van der Waals surface area contributed by atoms with E-state index in [1.165, 1.54) is 23.5 Å². The fourth-order valence-electron chi connectivity index (χ4n) is 3.17. The molecule has 0 aliphatic carbocycles. The minimum atomic E-state index is -0.302. The fourth-order valence-corrected chi connectivity index (χ4v) is 4.16. The van der Waals surface area contributed by atoms with Crippen molar-refractivity contribution in [2.45, 2.75) is 18.9 Å². The summed E-state index contributed by atoms with van der Waals surface area (Å²) >= 11 is 7.25. The number of thiazole rings is 1. The molecule has 1 atom stereocenters. The maximum absolute atomic E-state index is 13.2. The maximum Gasteiger partial charge on any atom is 0.266 e. The number of carbonyl (C=O) groups is 1. The van der Waals surface area contributed by atoms with Crippen LogP contribution in [0.25, 0.3) is 11.3 Å². The largest absolute Gasteiger partial charge is 0.484 e. The van der Waals surface area contributed by atoms with Crippen molar-refractivity contribution < 1.29 is 18.7 Å². The summed E-state index contributed by atoms with van der Waals surface area (Å²) in [5, 5.41) is 3.03. The molecule has 156 valence electrons. The van der Waals surface area contributed by atoms with Gasteiger partial charge in [0, 0.05) is 22.6 Å². The molecule has 0 radical (unpaired) electrons. The van der Waals surface area contributed by atoms with Crippen LogP contribution in [0.15, 0.2) is 53.9 Å². The Morgan fingerprint density at radius 1 is 1.23 bits per heavy atom. The number of benzene rings is 2. The molecule has 5 nitrogen and oxygen atoms in total. The predicted molar refractivity (Wildman–Crippen MR) is 116 cm³/mol. The minimum Gasteiger partial charge on any atom is -0.484 e. The molecule has 0 N–H and O–H groups in total. The van der Waals surface area contributed by atoms with Crippen LogP contribution in [0.3, 0.4) is 0 Å². The lowest BCUT2D eigenvalue weighted by Crippen LogP contribution is -2.40. The van der Waals surface area contributed by atoms with Crippen LogP contribution in [0.5, 0.6) is 5.75 Å². The number of ether oxygens (including phenoxy) is 2. The summed E-state index contributed by atoms with van der Waals surface area (Å²) in [5.74, 6) is 0.0557. The average molecular weight is 447 g/mol. The van der Waals surface area contributed by atoms with E-state index in [9.17, 15) is 9.18 Å². The number of amides is 1. The number of hydrogen-bond acceptors (Lipinski definition) is 5. The van der Waals surface area contributed by atoms with Gasteiger partial charge in [-0.3, -0.25) is 9.69 Å². The summed E-state index contributed by atoms with van der Waals surface area (Å²) < 4.78 is 24.6. The summed E-state index contributed by atoms with van der Waals surface area (Å²) in [6.07, 6.45) is 1.85. The Morgan fingerprint density at radius 3 is 2.70 bits per heavy atom. The highest BCUT2D eigenvalue weighted by atomic mass is 35.5. The zero-order chi connectivity index (χ0) is 20.9. The Bertz CT molecular complexity index is 988. The molecule has 30 heavy (non-hydrogen) atoms. The van der Waals surface area contributed by atoms with Gasteiger partial charge in [0.25, 0.3) is 5.91 Å². The quantitative estimate of drug-likeness (QED) is 0.501. The Labute approximate surface area is 183 Å². The summed E-state index contributed by atoms with van der Waals surface area (Å²) in [6, 6.07) is 13.0. The molecule has 8 heteroatoms. The van der Waals surface area contributed by atoms with E-state index in [2.05, 4.69) is 4.98 Å². The molecule has 1 aliphatic rings.